The Balaban J connectivity index is 1.84. The van der Waals surface area contributed by atoms with Crippen molar-refractivity contribution in [2.45, 2.75) is 45.6 Å². The van der Waals surface area contributed by atoms with E-state index in [0.717, 1.165) is 36.9 Å². The summed E-state index contributed by atoms with van der Waals surface area (Å²) in [4.78, 5) is 24.2. The predicted octanol–water partition coefficient (Wildman–Crippen LogP) is 2.57. The Morgan fingerprint density at radius 1 is 1.23 bits per heavy atom. The van der Waals surface area contributed by atoms with E-state index in [-0.39, 0.29) is 30.1 Å². The number of carbonyl (C=O) groups excluding carboxylic acids is 2. The maximum absolute atomic E-state index is 13.2. The molecule has 0 bridgehead atoms. The molecule has 0 fully saturated rings. The molecule has 26 heavy (non-hydrogen) atoms. The fourth-order valence-electron chi connectivity index (χ4n) is 3.12. The summed E-state index contributed by atoms with van der Waals surface area (Å²) < 4.78 is 20.0. The molecule has 0 saturated heterocycles. The van der Waals surface area contributed by atoms with Gasteiger partial charge < -0.3 is 10.1 Å². The second-order valence-corrected chi connectivity index (χ2v) is 6.67. The molecule has 6 nitrogen and oxygen atoms in total. The Hall–Kier alpha value is -2.70. The maximum atomic E-state index is 13.2. The number of ether oxygens (including phenoxy) is 1. The van der Waals surface area contributed by atoms with Crippen molar-refractivity contribution in [3.05, 3.63) is 47.0 Å². The van der Waals surface area contributed by atoms with E-state index in [1.54, 1.807) is 16.8 Å². The molecule has 1 aromatic carbocycles. The Morgan fingerprint density at radius 2 is 1.92 bits per heavy atom. The zero-order valence-corrected chi connectivity index (χ0v) is 14.9. The number of aromatic nitrogens is 2. The number of nitrogens with zero attached hydrogens (tertiary/aromatic N) is 2. The van der Waals surface area contributed by atoms with Gasteiger partial charge in [-0.05, 0) is 63.8 Å². The van der Waals surface area contributed by atoms with Gasteiger partial charge in [0.2, 0.25) is 0 Å². The van der Waals surface area contributed by atoms with Gasteiger partial charge in [0.05, 0.1) is 5.69 Å². The van der Waals surface area contributed by atoms with E-state index in [4.69, 9.17) is 4.74 Å². The highest BCUT2D eigenvalue weighted by Gasteiger charge is 2.27. The average molecular weight is 359 g/mol. The minimum Gasteiger partial charge on any atom is -0.451 e. The lowest BCUT2D eigenvalue weighted by Gasteiger charge is -2.14. The second kappa shape index (κ2) is 7.68. The molecule has 1 aliphatic rings. The van der Waals surface area contributed by atoms with Crippen LogP contribution in [0, 0.1) is 5.82 Å². The zero-order valence-electron chi connectivity index (χ0n) is 14.9. The first kappa shape index (κ1) is 18.1. The van der Waals surface area contributed by atoms with Crippen molar-refractivity contribution in [3.8, 4) is 5.69 Å². The van der Waals surface area contributed by atoms with Crippen molar-refractivity contribution in [1.82, 2.24) is 15.1 Å². The van der Waals surface area contributed by atoms with Crippen LogP contribution in [-0.2, 0) is 22.4 Å². The van der Waals surface area contributed by atoms with Gasteiger partial charge >= 0.3 is 5.97 Å². The van der Waals surface area contributed by atoms with Gasteiger partial charge in [0.15, 0.2) is 12.3 Å². The van der Waals surface area contributed by atoms with Gasteiger partial charge in [-0.3, -0.25) is 4.79 Å². The minimum atomic E-state index is -0.608. The van der Waals surface area contributed by atoms with Crippen LogP contribution in [0.5, 0.6) is 0 Å². The molecule has 1 amide bonds. The summed E-state index contributed by atoms with van der Waals surface area (Å²) in [5, 5.41) is 7.09. The van der Waals surface area contributed by atoms with Crippen LogP contribution >= 0.6 is 0 Å². The average Bonchev–Trinajstić information content (AvgIpc) is 3.00. The number of hydrogen-bond acceptors (Lipinski definition) is 4. The third-order valence-corrected chi connectivity index (χ3v) is 4.23. The highest BCUT2D eigenvalue weighted by molar-refractivity contribution is 5.91. The summed E-state index contributed by atoms with van der Waals surface area (Å²) in [6.45, 7) is 3.33. The summed E-state index contributed by atoms with van der Waals surface area (Å²) in [5.74, 6) is -1.28. The molecule has 1 heterocycles. The highest BCUT2D eigenvalue weighted by atomic mass is 19.1. The van der Waals surface area contributed by atoms with Crippen molar-refractivity contribution < 1.29 is 18.7 Å². The Bertz CT molecular complexity index is 812. The normalized spacial score (nSPS) is 13.4. The topological polar surface area (TPSA) is 73.2 Å². The summed E-state index contributed by atoms with van der Waals surface area (Å²) in [5.41, 5.74) is 2.74. The van der Waals surface area contributed by atoms with Gasteiger partial charge in [-0.1, -0.05) is 0 Å². The van der Waals surface area contributed by atoms with Gasteiger partial charge in [-0.25, -0.2) is 13.9 Å². The first-order chi connectivity index (χ1) is 12.5. The van der Waals surface area contributed by atoms with E-state index in [1.807, 2.05) is 13.8 Å². The number of rotatable bonds is 5. The number of halogens is 1. The van der Waals surface area contributed by atoms with Crippen molar-refractivity contribution in [1.29, 1.82) is 0 Å². The number of nitrogens with one attached hydrogen (secondary N) is 1. The van der Waals surface area contributed by atoms with Crippen LogP contribution in [0.1, 0.15) is 48.4 Å². The maximum Gasteiger partial charge on any atom is 0.359 e. The SMILES string of the molecule is CC(C)NC(=O)COC(=O)c1nn(-c2ccc(F)cc2)c2c1CCCC2. The number of hydrogen-bond donors (Lipinski definition) is 1. The molecule has 2 aromatic rings. The quantitative estimate of drug-likeness (QED) is 0.833. The van der Waals surface area contributed by atoms with E-state index in [2.05, 4.69) is 10.4 Å². The van der Waals surface area contributed by atoms with Crippen LogP contribution in [0.2, 0.25) is 0 Å². The third kappa shape index (κ3) is 3.92. The van der Waals surface area contributed by atoms with E-state index in [0.29, 0.717) is 5.69 Å². The Morgan fingerprint density at radius 3 is 2.62 bits per heavy atom. The highest BCUT2D eigenvalue weighted by Crippen LogP contribution is 2.27. The first-order valence-corrected chi connectivity index (χ1v) is 8.79. The molecule has 1 aliphatic carbocycles. The van der Waals surface area contributed by atoms with E-state index in [9.17, 15) is 14.0 Å². The van der Waals surface area contributed by atoms with Gasteiger partial charge in [0, 0.05) is 17.3 Å². The Kier molecular flexibility index (Phi) is 5.35. The fraction of sp³-hybridized carbons (Fsp3) is 0.421. The summed E-state index contributed by atoms with van der Waals surface area (Å²) in [6.07, 6.45) is 3.50. The summed E-state index contributed by atoms with van der Waals surface area (Å²) in [6, 6.07) is 5.96. The molecule has 7 heteroatoms. The summed E-state index contributed by atoms with van der Waals surface area (Å²) >= 11 is 0. The zero-order chi connectivity index (χ0) is 18.7. The minimum absolute atomic E-state index is 0.0216. The first-order valence-electron chi connectivity index (χ1n) is 8.79. The molecular weight excluding hydrogens is 337 g/mol. The van der Waals surface area contributed by atoms with Gasteiger partial charge in [-0.15, -0.1) is 0 Å². The largest absolute Gasteiger partial charge is 0.451 e. The number of benzene rings is 1. The predicted molar refractivity (Wildman–Crippen MR) is 93.7 cm³/mol. The van der Waals surface area contributed by atoms with Crippen LogP contribution in [0.15, 0.2) is 24.3 Å². The van der Waals surface area contributed by atoms with Crippen molar-refractivity contribution in [3.63, 3.8) is 0 Å². The fourth-order valence-corrected chi connectivity index (χ4v) is 3.12. The van der Waals surface area contributed by atoms with Crippen molar-refractivity contribution >= 4 is 11.9 Å². The van der Waals surface area contributed by atoms with E-state index in [1.165, 1.54) is 12.1 Å². The second-order valence-electron chi connectivity index (χ2n) is 6.67. The lowest BCUT2D eigenvalue weighted by Crippen LogP contribution is -2.34. The number of carbonyl (C=O) groups is 2. The van der Waals surface area contributed by atoms with Gasteiger partial charge in [0.25, 0.3) is 5.91 Å². The molecule has 0 unspecified atom stereocenters. The van der Waals surface area contributed by atoms with Crippen molar-refractivity contribution in [2.75, 3.05) is 6.61 Å². The molecule has 1 N–H and O–H groups in total. The van der Waals surface area contributed by atoms with Crippen LogP contribution in [-0.4, -0.2) is 34.3 Å². The standard InChI is InChI=1S/C19H22FN3O3/c1-12(2)21-17(24)11-26-19(25)18-15-5-3-4-6-16(15)23(22-18)14-9-7-13(20)8-10-14/h7-10,12H,3-6,11H2,1-2H3,(H,21,24). The van der Waals surface area contributed by atoms with Crippen LogP contribution in [0.4, 0.5) is 4.39 Å². The third-order valence-electron chi connectivity index (χ3n) is 4.23. The molecule has 0 saturated carbocycles. The molecule has 0 radical (unpaired) electrons. The molecule has 138 valence electrons. The molecular formula is C19H22FN3O3. The molecule has 0 spiro atoms. The number of fused-ring (bicyclic) bond motifs is 1. The lowest BCUT2D eigenvalue weighted by molar-refractivity contribution is -0.124. The molecule has 3 rings (SSSR count). The number of amides is 1. The molecule has 0 atom stereocenters. The molecule has 0 aliphatic heterocycles. The Labute approximate surface area is 151 Å². The van der Waals surface area contributed by atoms with E-state index >= 15 is 0 Å². The van der Waals surface area contributed by atoms with Crippen molar-refractivity contribution in [2.24, 2.45) is 0 Å². The van der Waals surface area contributed by atoms with Crippen LogP contribution in [0.3, 0.4) is 0 Å². The van der Waals surface area contributed by atoms with Crippen LogP contribution < -0.4 is 5.32 Å². The van der Waals surface area contributed by atoms with Gasteiger partial charge in [0.1, 0.15) is 5.82 Å². The molecule has 1 aromatic heterocycles. The van der Waals surface area contributed by atoms with Crippen LogP contribution in [0.25, 0.3) is 5.69 Å². The lowest BCUT2D eigenvalue weighted by atomic mass is 9.95. The monoisotopic (exact) mass is 359 g/mol. The smallest absolute Gasteiger partial charge is 0.359 e. The van der Waals surface area contributed by atoms with E-state index < -0.39 is 5.97 Å². The number of esters is 1. The van der Waals surface area contributed by atoms with Gasteiger partial charge in [-0.2, -0.15) is 5.10 Å². The summed E-state index contributed by atoms with van der Waals surface area (Å²) in [7, 11) is 0.